The van der Waals surface area contributed by atoms with Gasteiger partial charge in [0.2, 0.25) is 0 Å². The Balaban J connectivity index is 1.45. The number of rotatable bonds is 1. The second-order valence-corrected chi connectivity index (χ2v) is 14.9. The monoisotopic (exact) mass is 613 g/mol. The molecule has 10 heteroatoms. The molecule has 6 rings (SSSR count). The molecule has 2 aromatic carbocycles. The van der Waals surface area contributed by atoms with E-state index < -0.39 is 27.8 Å². The van der Waals surface area contributed by atoms with E-state index in [1.54, 1.807) is 26.2 Å². The van der Waals surface area contributed by atoms with Gasteiger partial charge in [0, 0.05) is 36.2 Å². The maximum absolute atomic E-state index is 13.3. The zero-order chi connectivity index (χ0) is 29.6. The minimum Gasteiger partial charge on any atom is -0.490 e. The number of fused-ring (bicyclic) bond motifs is 4. The summed E-state index contributed by atoms with van der Waals surface area (Å²) in [5.41, 5.74) is 3.45. The molecule has 42 heavy (non-hydrogen) atoms. The molecule has 1 saturated carbocycles. The van der Waals surface area contributed by atoms with Gasteiger partial charge < -0.3 is 19.5 Å². The molecule has 2 aromatic rings. The lowest BCUT2D eigenvalue weighted by Gasteiger charge is -2.46. The van der Waals surface area contributed by atoms with Crippen LogP contribution in [0.2, 0.25) is 5.02 Å². The number of aliphatic hydroxyl groups excluding tert-OH is 1. The lowest BCUT2D eigenvalue weighted by Crippen LogP contribution is -2.49. The molecule has 2 heterocycles. The molecule has 0 saturated heterocycles. The molecule has 3 N–H and O–H groups in total. The predicted molar refractivity (Wildman–Crippen MR) is 165 cm³/mol. The summed E-state index contributed by atoms with van der Waals surface area (Å²) in [6, 6.07) is 11.5. The van der Waals surface area contributed by atoms with Crippen LogP contribution in [0, 0.1) is 17.8 Å². The number of hydrogen-bond acceptors (Lipinski definition) is 6. The lowest BCUT2D eigenvalue weighted by molar-refractivity contribution is 0.0124. The molecule has 2 aliphatic heterocycles. The van der Waals surface area contributed by atoms with Crippen molar-refractivity contribution in [3.8, 4) is 5.75 Å². The average molecular weight is 614 g/mol. The molecule has 4 aliphatic rings. The number of carbonyl (C=O) groups excluding carboxylic acids is 1. The summed E-state index contributed by atoms with van der Waals surface area (Å²) in [6.07, 6.45) is 7.67. The van der Waals surface area contributed by atoms with Crippen LogP contribution in [0.15, 0.2) is 52.9 Å². The van der Waals surface area contributed by atoms with Gasteiger partial charge in [-0.15, -0.1) is 4.36 Å². The third-order valence-electron chi connectivity index (χ3n) is 9.73. The Hall–Kier alpha value is -2.43. The minimum absolute atomic E-state index is 0.111. The number of nitrogens with zero attached hydrogens (tertiary/aromatic N) is 2. The number of hydrogen-bond donors (Lipinski definition) is 2. The van der Waals surface area contributed by atoms with Gasteiger partial charge in [0.05, 0.1) is 30.3 Å². The van der Waals surface area contributed by atoms with Gasteiger partial charge in [0.25, 0.3) is 5.91 Å². The third-order valence-corrected chi connectivity index (χ3v) is 11.4. The molecule has 2 bridgehead atoms. The second-order valence-electron chi connectivity index (χ2n) is 12.6. The van der Waals surface area contributed by atoms with E-state index in [0.717, 1.165) is 61.7 Å². The van der Waals surface area contributed by atoms with E-state index in [2.05, 4.69) is 21.4 Å². The summed E-state index contributed by atoms with van der Waals surface area (Å²) in [6.45, 7) is 3.76. The molecular weight excluding hydrogens is 574 g/mol. The number of ether oxygens (including phenoxy) is 2. The van der Waals surface area contributed by atoms with Crippen LogP contribution < -0.4 is 14.8 Å². The molecule has 0 aromatic heterocycles. The van der Waals surface area contributed by atoms with Crippen molar-refractivity contribution in [2.24, 2.45) is 27.3 Å². The van der Waals surface area contributed by atoms with Gasteiger partial charge in [-0.1, -0.05) is 36.7 Å². The Morgan fingerprint density at radius 3 is 2.81 bits per heavy atom. The van der Waals surface area contributed by atoms with Gasteiger partial charge in [-0.3, -0.25) is 4.79 Å². The fourth-order valence-corrected chi connectivity index (χ4v) is 8.90. The van der Waals surface area contributed by atoms with Gasteiger partial charge in [0.15, 0.2) is 0 Å². The molecule has 2 aliphatic carbocycles. The van der Waals surface area contributed by atoms with Gasteiger partial charge in [-0.2, -0.15) is 0 Å². The molecule has 1 amide bonds. The van der Waals surface area contributed by atoms with Gasteiger partial charge >= 0.3 is 0 Å². The van der Waals surface area contributed by atoms with E-state index in [-0.39, 0.29) is 23.2 Å². The topological polar surface area (TPSA) is 114 Å². The Morgan fingerprint density at radius 2 is 2.05 bits per heavy atom. The molecule has 0 unspecified atom stereocenters. The van der Waals surface area contributed by atoms with Gasteiger partial charge in [-0.05, 0) is 91.3 Å². The lowest BCUT2D eigenvalue weighted by atomic mass is 9.68. The van der Waals surface area contributed by atoms with Gasteiger partial charge in [0.1, 0.15) is 15.7 Å². The van der Waals surface area contributed by atoms with Crippen LogP contribution in [-0.4, -0.2) is 60.0 Å². The first kappa shape index (κ1) is 29.6. The van der Waals surface area contributed by atoms with Crippen molar-refractivity contribution in [3.63, 3.8) is 0 Å². The van der Waals surface area contributed by atoms with Crippen molar-refractivity contribution in [1.82, 2.24) is 0 Å². The number of nitrogens with two attached hydrogens (primary N) is 1. The smallest absolute Gasteiger partial charge is 0.286 e. The summed E-state index contributed by atoms with van der Waals surface area (Å²) in [5, 5.41) is 17.6. The fourth-order valence-electron chi connectivity index (χ4n) is 7.30. The molecule has 0 radical (unpaired) electrons. The molecule has 226 valence electrons. The van der Waals surface area contributed by atoms with E-state index in [9.17, 15) is 14.1 Å². The minimum atomic E-state index is -3.37. The fraction of sp³-hybridized carbons (Fsp3) is 0.531. The van der Waals surface area contributed by atoms with Crippen molar-refractivity contribution in [2.75, 3.05) is 37.5 Å². The number of benzene rings is 2. The van der Waals surface area contributed by atoms with Crippen LogP contribution in [0.5, 0.6) is 5.75 Å². The summed E-state index contributed by atoms with van der Waals surface area (Å²) in [5.74, 6) is 0.145. The highest BCUT2D eigenvalue weighted by molar-refractivity contribution is 7.91. The van der Waals surface area contributed by atoms with E-state index in [0.29, 0.717) is 18.1 Å². The third kappa shape index (κ3) is 5.74. The zero-order valence-electron chi connectivity index (χ0n) is 24.2. The number of carbonyl (C=O) groups is 1. The second kappa shape index (κ2) is 11.6. The SMILES string of the molecule is CO[C@H]1/C=C/[C@H](O)[C@H](C)C[S@](N)(=O)=NC(=O)c2ccc3c(c2)N(C[C@@H]2CC[C@H]21)C[C@@]1(CCCc2cc(Cl)ccc21)CO3. The number of anilines is 1. The number of aliphatic hydroxyl groups is 1. The van der Waals surface area contributed by atoms with Crippen molar-refractivity contribution in [1.29, 1.82) is 0 Å². The van der Waals surface area contributed by atoms with Crippen LogP contribution in [-0.2, 0) is 26.5 Å². The molecule has 1 fully saturated rings. The normalized spacial score (nSPS) is 35.6. The maximum Gasteiger partial charge on any atom is 0.286 e. The Morgan fingerprint density at radius 1 is 1.21 bits per heavy atom. The standard InChI is InChI=1S/C32H40ClN3O5S/c1-20-17-42(34,39)35-31(38)22-6-11-30-27(15-22)36(16-23-5-8-25(23)29(40-2)12-10-28(20)37)18-32(19-41-30)13-3-4-21-14-24(33)7-9-26(21)32/h6-7,9-12,14-15,20,23,25,28-29,37H,3-5,8,13,16-19H2,1-2H3,(H2,34,35,38,39)/b12-10+/t20-,23+,25-,28+,29+,32+,42-/m1/s1. The van der Waals surface area contributed by atoms with Crippen molar-refractivity contribution in [2.45, 2.75) is 56.7 Å². The predicted octanol–water partition coefficient (Wildman–Crippen LogP) is 4.90. The number of amides is 1. The van der Waals surface area contributed by atoms with Crippen molar-refractivity contribution >= 4 is 33.1 Å². The Labute approximate surface area is 253 Å². The highest BCUT2D eigenvalue weighted by Gasteiger charge is 2.44. The van der Waals surface area contributed by atoms with Crippen LogP contribution in [0.1, 0.15) is 54.1 Å². The molecule has 7 atom stereocenters. The van der Waals surface area contributed by atoms with E-state index in [1.165, 1.54) is 11.1 Å². The highest BCUT2D eigenvalue weighted by Crippen LogP contribution is 2.47. The Kier molecular flexibility index (Phi) is 8.17. The molecular formula is C32H40ClN3O5S. The van der Waals surface area contributed by atoms with Crippen molar-refractivity contribution in [3.05, 3.63) is 70.3 Å². The van der Waals surface area contributed by atoms with Gasteiger partial charge in [-0.25, -0.2) is 9.35 Å². The van der Waals surface area contributed by atoms with E-state index in [4.69, 9.17) is 26.2 Å². The number of halogens is 1. The number of methoxy groups -OCH3 is 1. The number of aryl methyl sites for hydroxylation is 1. The van der Waals surface area contributed by atoms with E-state index in [1.807, 2.05) is 24.3 Å². The molecule has 1 spiro atoms. The summed E-state index contributed by atoms with van der Waals surface area (Å²) in [4.78, 5) is 15.7. The maximum atomic E-state index is 13.3. The quantitative estimate of drug-likeness (QED) is 0.442. The van der Waals surface area contributed by atoms with E-state index >= 15 is 0 Å². The highest BCUT2D eigenvalue weighted by atomic mass is 35.5. The first-order valence-corrected chi connectivity index (χ1v) is 17.0. The Bertz CT molecular complexity index is 1520. The average Bonchev–Trinajstić information content (AvgIpc) is 3.08. The summed E-state index contributed by atoms with van der Waals surface area (Å²) in [7, 11) is -1.67. The first-order valence-electron chi connectivity index (χ1n) is 14.8. The zero-order valence-corrected chi connectivity index (χ0v) is 25.8. The summed E-state index contributed by atoms with van der Waals surface area (Å²) < 4.78 is 29.6. The first-order chi connectivity index (χ1) is 20.1. The molecule has 8 nitrogen and oxygen atoms in total. The largest absolute Gasteiger partial charge is 0.490 e. The van der Waals surface area contributed by atoms with Crippen LogP contribution >= 0.6 is 11.6 Å². The van der Waals surface area contributed by atoms with Crippen LogP contribution in [0.3, 0.4) is 0 Å². The summed E-state index contributed by atoms with van der Waals surface area (Å²) >= 11 is 6.40. The van der Waals surface area contributed by atoms with Crippen molar-refractivity contribution < 1.29 is 23.6 Å². The van der Waals surface area contributed by atoms with Crippen LogP contribution in [0.25, 0.3) is 0 Å². The van der Waals surface area contributed by atoms with Crippen LogP contribution in [0.4, 0.5) is 5.69 Å².